The van der Waals surface area contributed by atoms with Crippen molar-refractivity contribution >= 4 is 96.4 Å². The average Bonchev–Trinajstić information content (AvgIpc) is 3.79. The van der Waals surface area contributed by atoms with Crippen molar-refractivity contribution in [1.29, 1.82) is 0 Å². The van der Waals surface area contributed by atoms with Crippen molar-refractivity contribution in [3.8, 4) is 16.8 Å². The second kappa shape index (κ2) is 11.9. The van der Waals surface area contributed by atoms with Crippen molar-refractivity contribution in [2.45, 2.75) is 6.42 Å². The third kappa shape index (κ3) is 4.65. The van der Waals surface area contributed by atoms with Gasteiger partial charge in [0.15, 0.2) is 0 Å². The summed E-state index contributed by atoms with van der Waals surface area (Å²) in [5.74, 6) is 0. The van der Waals surface area contributed by atoms with Crippen LogP contribution in [-0.4, -0.2) is 4.57 Å². The van der Waals surface area contributed by atoms with Gasteiger partial charge in [-0.25, -0.2) is 0 Å². The van der Waals surface area contributed by atoms with Gasteiger partial charge in [0.2, 0.25) is 0 Å². The van der Waals surface area contributed by atoms with Crippen LogP contribution in [0.4, 0.5) is 0 Å². The van der Waals surface area contributed by atoms with Gasteiger partial charge in [-0.3, -0.25) is 0 Å². The molecule has 0 saturated heterocycles. The normalized spacial score (nSPS) is 12.1. The molecule has 12 aromatic rings. The molecule has 0 saturated carbocycles. The predicted octanol–water partition coefficient (Wildman–Crippen LogP) is 15.0. The summed E-state index contributed by atoms with van der Waals surface area (Å²) in [7, 11) is 0. The topological polar surface area (TPSA) is 4.93 Å². The van der Waals surface area contributed by atoms with E-state index in [-0.39, 0.29) is 0 Å². The van der Waals surface area contributed by atoms with E-state index in [1.54, 1.807) is 0 Å². The highest BCUT2D eigenvalue weighted by Gasteiger charge is 2.23. The summed E-state index contributed by atoms with van der Waals surface area (Å²) >= 11 is 1.91. The molecule has 55 heavy (non-hydrogen) atoms. The molecule has 0 bridgehead atoms. The molecule has 2 aromatic heterocycles. The van der Waals surface area contributed by atoms with Crippen molar-refractivity contribution in [2.75, 3.05) is 0 Å². The Labute approximate surface area is 321 Å². The number of rotatable bonds is 4. The lowest BCUT2D eigenvalue weighted by molar-refractivity contribution is 1.21. The van der Waals surface area contributed by atoms with Crippen LogP contribution < -0.4 is 0 Å². The second-order valence-electron chi connectivity index (χ2n) is 14.8. The fourth-order valence-corrected chi connectivity index (χ4v) is 10.5. The summed E-state index contributed by atoms with van der Waals surface area (Å²) in [5, 5.41) is 15.4. The van der Waals surface area contributed by atoms with Gasteiger partial charge in [-0.15, -0.1) is 11.3 Å². The fourth-order valence-electron chi connectivity index (χ4n) is 9.27. The van der Waals surface area contributed by atoms with Gasteiger partial charge in [0, 0.05) is 31.6 Å². The maximum atomic E-state index is 2.55. The first-order valence-corrected chi connectivity index (χ1v) is 19.9. The van der Waals surface area contributed by atoms with Crippen molar-refractivity contribution in [2.24, 2.45) is 0 Å². The molecule has 0 aliphatic carbocycles. The van der Waals surface area contributed by atoms with Crippen LogP contribution in [0.2, 0.25) is 0 Å². The Morgan fingerprint density at radius 3 is 2.02 bits per heavy atom. The van der Waals surface area contributed by atoms with E-state index < -0.39 is 0 Å². The number of benzene rings is 10. The molecular weight excluding hydrogens is 683 g/mol. The maximum absolute atomic E-state index is 2.55. The third-order valence-corrected chi connectivity index (χ3v) is 12.9. The summed E-state index contributed by atoms with van der Waals surface area (Å²) in [6.07, 6.45) is 0.876. The van der Waals surface area contributed by atoms with Crippen molar-refractivity contribution in [1.82, 2.24) is 4.57 Å². The lowest BCUT2D eigenvalue weighted by Gasteiger charge is -2.15. The van der Waals surface area contributed by atoms with Crippen LogP contribution in [-0.2, 0) is 6.42 Å². The molecule has 0 aliphatic heterocycles. The van der Waals surface area contributed by atoms with E-state index in [0.29, 0.717) is 0 Å². The Kier molecular flexibility index (Phi) is 6.63. The van der Waals surface area contributed by atoms with Gasteiger partial charge in [-0.05, 0) is 96.7 Å². The standard InChI is InChI=1S/C53H33NS/c1-2-14-36-28-33(24-25-34(36)12-1)29-39-30-37-15-4-5-17-40(37)46-31-38(26-27-41(39)46)45-32-47-43-19-8-10-23-50(43)55-53(47)52-51(45)44-20-7-9-21-49(44)54(52)48-22-11-16-35-13-3-6-18-42(35)48/h1-28,30-32H,29H2. The minimum absolute atomic E-state index is 0.876. The Hall–Kier alpha value is -6.74. The average molecular weight is 716 g/mol. The van der Waals surface area contributed by atoms with E-state index in [0.717, 1.165) is 6.42 Å². The maximum Gasteiger partial charge on any atom is 0.0726 e. The van der Waals surface area contributed by atoms with Crippen LogP contribution in [0.25, 0.3) is 102 Å². The molecule has 0 N–H and O–H groups in total. The number of hydrogen-bond donors (Lipinski definition) is 0. The molecule has 0 amide bonds. The fraction of sp³-hybridized carbons (Fsp3) is 0.0189. The first kappa shape index (κ1) is 30.7. The van der Waals surface area contributed by atoms with E-state index in [9.17, 15) is 0 Å². The number of aromatic nitrogens is 1. The van der Waals surface area contributed by atoms with E-state index >= 15 is 0 Å². The van der Waals surface area contributed by atoms with Crippen LogP contribution in [0.5, 0.6) is 0 Å². The number of fused-ring (bicyclic) bond motifs is 12. The quantitative estimate of drug-likeness (QED) is 0.160. The number of thiophene rings is 1. The van der Waals surface area contributed by atoms with Gasteiger partial charge < -0.3 is 4.57 Å². The third-order valence-electron chi connectivity index (χ3n) is 11.8. The first-order valence-electron chi connectivity index (χ1n) is 19.0. The molecule has 0 spiro atoms. The SMILES string of the molecule is c1ccc2cc(Cc3cc4ccccc4c4cc(-c5cc6c7ccccc7sc6c6c5c5ccccc5n6-c5cccc6ccccc56)ccc34)ccc2c1. The highest BCUT2D eigenvalue weighted by Crippen LogP contribution is 2.48. The van der Waals surface area contributed by atoms with Gasteiger partial charge in [0.05, 0.1) is 21.4 Å². The zero-order valence-electron chi connectivity index (χ0n) is 30.0. The van der Waals surface area contributed by atoms with Crippen LogP contribution in [0, 0.1) is 0 Å². The molecule has 1 nitrogen and oxygen atoms in total. The zero-order chi connectivity index (χ0) is 36.0. The molecule has 10 aromatic carbocycles. The Bertz CT molecular complexity index is 3520. The molecule has 0 fully saturated rings. The highest BCUT2D eigenvalue weighted by molar-refractivity contribution is 7.26. The molecule has 0 aliphatic rings. The summed E-state index contributed by atoms with van der Waals surface area (Å²) in [5.41, 5.74) is 8.91. The molecule has 0 unspecified atom stereocenters. The van der Waals surface area contributed by atoms with E-state index in [1.807, 2.05) is 11.3 Å². The lowest BCUT2D eigenvalue weighted by Crippen LogP contribution is -1.95. The molecule has 2 heterocycles. The summed E-state index contributed by atoms with van der Waals surface area (Å²) in [4.78, 5) is 0. The van der Waals surface area contributed by atoms with Crippen LogP contribution in [0.1, 0.15) is 11.1 Å². The van der Waals surface area contributed by atoms with Gasteiger partial charge in [0.1, 0.15) is 0 Å². The smallest absolute Gasteiger partial charge is 0.0726 e. The minimum atomic E-state index is 0.876. The number of nitrogens with zero attached hydrogens (tertiary/aromatic N) is 1. The summed E-state index contributed by atoms with van der Waals surface area (Å²) in [6, 6.07) is 70.0. The zero-order valence-corrected chi connectivity index (χ0v) is 30.8. The second-order valence-corrected chi connectivity index (χ2v) is 15.9. The molecule has 12 rings (SSSR count). The van der Waals surface area contributed by atoms with Crippen LogP contribution >= 0.6 is 11.3 Å². The summed E-state index contributed by atoms with van der Waals surface area (Å²) < 4.78 is 5.19. The van der Waals surface area contributed by atoms with Gasteiger partial charge in [-0.1, -0.05) is 158 Å². The largest absolute Gasteiger partial charge is 0.307 e. The Morgan fingerprint density at radius 2 is 1.13 bits per heavy atom. The monoisotopic (exact) mass is 715 g/mol. The molecule has 256 valence electrons. The first-order chi connectivity index (χ1) is 27.3. The van der Waals surface area contributed by atoms with E-state index in [1.165, 1.54) is 113 Å². The van der Waals surface area contributed by atoms with Gasteiger partial charge in [0.25, 0.3) is 0 Å². The van der Waals surface area contributed by atoms with Crippen LogP contribution in [0.15, 0.2) is 188 Å². The van der Waals surface area contributed by atoms with Crippen molar-refractivity contribution in [3.63, 3.8) is 0 Å². The Balaban J connectivity index is 1.17. The number of para-hydroxylation sites is 1. The van der Waals surface area contributed by atoms with E-state index in [2.05, 4.69) is 193 Å². The molecule has 2 heteroatoms. The highest BCUT2D eigenvalue weighted by atomic mass is 32.1. The van der Waals surface area contributed by atoms with Crippen LogP contribution in [0.3, 0.4) is 0 Å². The summed E-state index contributed by atoms with van der Waals surface area (Å²) in [6.45, 7) is 0. The van der Waals surface area contributed by atoms with E-state index in [4.69, 9.17) is 0 Å². The van der Waals surface area contributed by atoms with Gasteiger partial charge >= 0.3 is 0 Å². The Morgan fingerprint density at radius 1 is 0.418 bits per heavy atom. The van der Waals surface area contributed by atoms with Crippen molar-refractivity contribution < 1.29 is 0 Å². The number of hydrogen-bond acceptors (Lipinski definition) is 1. The lowest BCUT2D eigenvalue weighted by atomic mass is 9.90. The molecule has 0 atom stereocenters. The van der Waals surface area contributed by atoms with Gasteiger partial charge in [-0.2, -0.15) is 0 Å². The molecular formula is C53H33NS. The molecule has 0 radical (unpaired) electrons. The minimum Gasteiger partial charge on any atom is -0.307 e. The predicted molar refractivity (Wildman–Crippen MR) is 238 cm³/mol. The van der Waals surface area contributed by atoms with Crippen molar-refractivity contribution in [3.05, 3.63) is 199 Å².